The largest absolute Gasteiger partial charge is 0.398 e. The predicted molar refractivity (Wildman–Crippen MR) is 80.2 cm³/mol. The molecule has 0 atom stereocenters. The van der Waals surface area contributed by atoms with Crippen LogP contribution in [0.3, 0.4) is 0 Å². The lowest BCUT2D eigenvalue weighted by Crippen LogP contribution is -2.35. The summed E-state index contributed by atoms with van der Waals surface area (Å²) in [6.45, 7) is -0.0955. The SMILES string of the molecule is Nc1ccc(S(=O)(=O)N(CCO)C2CC2)c2ncccc12. The van der Waals surface area contributed by atoms with E-state index in [0.717, 1.165) is 12.8 Å². The number of nitrogens with zero attached hydrogens (tertiary/aromatic N) is 2. The van der Waals surface area contributed by atoms with Crippen LogP contribution in [0.5, 0.6) is 0 Å². The molecule has 0 spiro atoms. The molecule has 6 nitrogen and oxygen atoms in total. The van der Waals surface area contributed by atoms with Crippen molar-refractivity contribution in [1.82, 2.24) is 9.29 Å². The van der Waals surface area contributed by atoms with Crippen LogP contribution in [0.4, 0.5) is 5.69 Å². The maximum absolute atomic E-state index is 12.9. The number of hydrogen-bond acceptors (Lipinski definition) is 5. The monoisotopic (exact) mass is 307 g/mol. The highest BCUT2D eigenvalue weighted by molar-refractivity contribution is 7.89. The zero-order valence-electron chi connectivity index (χ0n) is 11.4. The Morgan fingerprint density at radius 2 is 2.10 bits per heavy atom. The Morgan fingerprint density at radius 1 is 1.33 bits per heavy atom. The van der Waals surface area contributed by atoms with Gasteiger partial charge >= 0.3 is 0 Å². The van der Waals surface area contributed by atoms with E-state index in [4.69, 9.17) is 10.8 Å². The van der Waals surface area contributed by atoms with Gasteiger partial charge in [-0.15, -0.1) is 0 Å². The molecule has 1 fully saturated rings. The number of hydrogen-bond donors (Lipinski definition) is 2. The van der Waals surface area contributed by atoms with Crippen molar-refractivity contribution in [3.05, 3.63) is 30.5 Å². The second-order valence-corrected chi connectivity index (χ2v) is 6.98. The smallest absolute Gasteiger partial charge is 0.245 e. The molecule has 1 saturated carbocycles. The standard InChI is InChI=1S/C14H17N3O3S/c15-12-5-6-13(14-11(12)2-1-7-16-14)21(19,20)17(8-9-18)10-3-4-10/h1-2,5-7,10,18H,3-4,8-9,15H2. The van der Waals surface area contributed by atoms with Crippen molar-refractivity contribution in [1.29, 1.82) is 0 Å². The highest BCUT2D eigenvalue weighted by Gasteiger charge is 2.38. The fourth-order valence-electron chi connectivity index (χ4n) is 2.46. The number of benzene rings is 1. The Kier molecular flexibility index (Phi) is 3.56. The number of nitrogen functional groups attached to an aromatic ring is 1. The van der Waals surface area contributed by atoms with E-state index in [1.807, 2.05) is 0 Å². The summed E-state index contributed by atoms with van der Waals surface area (Å²) in [6.07, 6.45) is 3.22. The van der Waals surface area contributed by atoms with Gasteiger partial charge < -0.3 is 10.8 Å². The molecule has 3 N–H and O–H groups in total. The molecule has 21 heavy (non-hydrogen) atoms. The predicted octanol–water partition coefficient (Wildman–Crippen LogP) is 0.962. The summed E-state index contributed by atoms with van der Waals surface area (Å²) in [4.78, 5) is 4.33. The van der Waals surface area contributed by atoms with E-state index in [2.05, 4.69) is 4.98 Å². The minimum absolute atomic E-state index is 0.0153. The quantitative estimate of drug-likeness (QED) is 0.802. The minimum Gasteiger partial charge on any atom is -0.398 e. The van der Waals surface area contributed by atoms with Gasteiger partial charge in [0, 0.05) is 29.9 Å². The van der Waals surface area contributed by atoms with Crippen LogP contribution >= 0.6 is 0 Å². The molecule has 7 heteroatoms. The van der Waals surface area contributed by atoms with Gasteiger partial charge in [-0.25, -0.2) is 8.42 Å². The van der Waals surface area contributed by atoms with Crippen LogP contribution in [-0.2, 0) is 10.0 Å². The average Bonchev–Trinajstić information content (AvgIpc) is 3.29. The zero-order valence-corrected chi connectivity index (χ0v) is 12.3. The van der Waals surface area contributed by atoms with Gasteiger partial charge in [-0.2, -0.15) is 4.31 Å². The Morgan fingerprint density at radius 3 is 2.76 bits per heavy atom. The lowest BCUT2D eigenvalue weighted by atomic mass is 10.2. The number of aliphatic hydroxyl groups excluding tert-OH is 1. The van der Waals surface area contributed by atoms with E-state index in [-0.39, 0.29) is 24.1 Å². The van der Waals surface area contributed by atoms with Crippen molar-refractivity contribution in [2.75, 3.05) is 18.9 Å². The van der Waals surface area contributed by atoms with E-state index in [0.29, 0.717) is 16.6 Å². The number of aromatic nitrogens is 1. The van der Waals surface area contributed by atoms with Gasteiger partial charge in [0.2, 0.25) is 10.0 Å². The van der Waals surface area contributed by atoms with Crippen molar-refractivity contribution in [3.8, 4) is 0 Å². The van der Waals surface area contributed by atoms with E-state index in [1.165, 1.54) is 10.4 Å². The summed E-state index contributed by atoms with van der Waals surface area (Å²) in [5.41, 5.74) is 6.76. The average molecular weight is 307 g/mol. The Hall–Kier alpha value is -1.70. The number of fused-ring (bicyclic) bond motifs is 1. The van der Waals surface area contributed by atoms with Crippen molar-refractivity contribution in [2.24, 2.45) is 0 Å². The number of rotatable bonds is 5. The number of sulfonamides is 1. The third-order valence-corrected chi connectivity index (χ3v) is 5.61. The van der Waals surface area contributed by atoms with Gasteiger partial charge in [0.05, 0.1) is 12.1 Å². The van der Waals surface area contributed by atoms with Crippen LogP contribution in [0.1, 0.15) is 12.8 Å². The Labute approximate surface area is 123 Å². The molecule has 0 unspecified atom stereocenters. The molecule has 0 aliphatic heterocycles. The Bertz CT molecular complexity index is 772. The summed E-state index contributed by atoms with van der Waals surface area (Å²) in [5.74, 6) is 0. The van der Waals surface area contributed by atoms with Crippen molar-refractivity contribution >= 4 is 26.6 Å². The van der Waals surface area contributed by atoms with Gasteiger partial charge in [-0.05, 0) is 37.1 Å². The fourth-order valence-corrected chi connectivity index (χ4v) is 4.29. The Balaban J connectivity index is 2.17. The number of pyridine rings is 1. The summed E-state index contributed by atoms with van der Waals surface area (Å²) in [6, 6.07) is 6.54. The molecular weight excluding hydrogens is 290 g/mol. The lowest BCUT2D eigenvalue weighted by Gasteiger charge is -2.21. The number of anilines is 1. The third-order valence-electron chi connectivity index (χ3n) is 3.63. The first-order valence-corrected chi connectivity index (χ1v) is 8.25. The molecular formula is C14H17N3O3S. The molecule has 1 aliphatic rings. The molecule has 0 bridgehead atoms. The van der Waals surface area contributed by atoms with Crippen molar-refractivity contribution in [2.45, 2.75) is 23.8 Å². The van der Waals surface area contributed by atoms with Gasteiger partial charge in [0.15, 0.2) is 0 Å². The molecule has 0 radical (unpaired) electrons. The van der Waals surface area contributed by atoms with Crippen LogP contribution < -0.4 is 5.73 Å². The molecule has 1 heterocycles. The van der Waals surface area contributed by atoms with Gasteiger partial charge in [-0.3, -0.25) is 4.98 Å². The summed E-state index contributed by atoms with van der Waals surface area (Å²) >= 11 is 0. The van der Waals surface area contributed by atoms with Gasteiger partial charge in [0.25, 0.3) is 0 Å². The van der Waals surface area contributed by atoms with Crippen LogP contribution in [-0.4, -0.2) is 42.0 Å². The molecule has 3 rings (SSSR count). The second-order valence-electron chi connectivity index (χ2n) is 5.12. The molecule has 0 amide bonds. The summed E-state index contributed by atoms with van der Waals surface area (Å²) in [7, 11) is -3.69. The first-order valence-electron chi connectivity index (χ1n) is 6.81. The topological polar surface area (TPSA) is 96.5 Å². The third kappa shape index (κ3) is 2.48. The lowest BCUT2D eigenvalue weighted by molar-refractivity contribution is 0.250. The van der Waals surface area contributed by atoms with Crippen molar-refractivity contribution < 1.29 is 13.5 Å². The minimum atomic E-state index is -3.69. The molecule has 1 aromatic heterocycles. The first-order chi connectivity index (χ1) is 10.1. The van der Waals surface area contributed by atoms with E-state index < -0.39 is 10.0 Å². The highest BCUT2D eigenvalue weighted by Crippen LogP contribution is 2.34. The molecule has 1 aliphatic carbocycles. The molecule has 2 aromatic rings. The van der Waals surface area contributed by atoms with Crippen LogP contribution in [0.15, 0.2) is 35.4 Å². The van der Waals surface area contributed by atoms with E-state index in [9.17, 15) is 8.42 Å². The molecule has 112 valence electrons. The maximum Gasteiger partial charge on any atom is 0.245 e. The van der Waals surface area contributed by atoms with Gasteiger partial charge in [-0.1, -0.05) is 0 Å². The van der Waals surface area contributed by atoms with E-state index >= 15 is 0 Å². The number of nitrogens with two attached hydrogens (primary N) is 1. The molecule has 1 aromatic carbocycles. The van der Waals surface area contributed by atoms with Crippen molar-refractivity contribution in [3.63, 3.8) is 0 Å². The second kappa shape index (κ2) is 5.25. The highest BCUT2D eigenvalue weighted by atomic mass is 32.2. The fraction of sp³-hybridized carbons (Fsp3) is 0.357. The van der Waals surface area contributed by atoms with Crippen LogP contribution in [0, 0.1) is 0 Å². The normalized spacial score (nSPS) is 15.7. The summed E-state index contributed by atoms with van der Waals surface area (Å²) in [5, 5.41) is 9.76. The van der Waals surface area contributed by atoms with E-state index in [1.54, 1.807) is 24.4 Å². The first kappa shape index (κ1) is 14.2. The number of aliphatic hydroxyl groups is 1. The van der Waals surface area contributed by atoms with Gasteiger partial charge in [0.1, 0.15) is 4.90 Å². The van der Waals surface area contributed by atoms with Crippen LogP contribution in [0.25, 0.3) is 10.9 Å². The zero-order chi connectivity index (χ0) is 15.0. The van der Waals surface area contributed by atoms with Crippen LogP contribution in [0.2, 0.25) is 0 Å². The summed E-state index contributed by atoms with van der Waals surface area (Å²) < 4.78 is 27.1. The molecule has 0 saturated heterocycles. The maximum atomic E-state index is 12.9.